The van der Waals surface area contributed by atoms with Gasteiger partial charge in [0.15, 0.2) is 6.10 Å². The molecule has 0 radical (unpaired) electrons. The third-order valence-electron chi connectivity index (χ3n) is 14.5. The second-order valence-electron chi connectivity index (χ2n) is 21.7. The van der Waals surface area contributed by atoms with Crippen molar-refractivity contribution in [3.8, 4) is 0 Å². The van der Waals surface area contributed by atoms with Gasteiger partial charge in [-0.25, -0.2) is 0 Å². The number of hydrogen-bond donors (Lipinski definition) is 0. The molecule has 0 aliphatic rings. The van der Waals surface area contributed by atoms with E-state index in [4.69, 9.17) is 14.2 Å². The minimum Gasteiger partial charge on any atom is -0.462 e. The van der Waals surface area contributed by atoms with E-state index in [-0.39, 0.29) is 31.1 Å². The molecule has 0 aliphatic carbocycles. The maximum atomic E-state index is 12.8. The molecule has 0 spiro atoms. The molecule has 70 heavy (non-hydrogen) atoms. The molecule has 0 amide bonds. The molecule has 0 rings (SSSR count). The zero-order valence-corrected chi connectivity index (χ0v) is 47.6. The van der Waals surface area contributed by atoms with Gasteiger partial charge in [-0.05, 0) is 44.9 Å². The largest absolute Gasteiger partial charge is 0.462 e. The number of esters is 3. The summed E-state index contributed by atoms with van der Waals surface area (Å²) in [6, 6.07) is 0. The molecule has 0 aromatic rings. The topological polar surface area (TPSA) is 78.9 Å². The van der Waals surface area contributed by atoms with E-state index in [9.17, 15) is 14.4 Å². The minimum atomic E-state index is -0.768. The third kappa shape index (κ3) is 57.1. The summed E-state index contributed by atoms with van der Waals surface area (Å²) in [5, 5.41) is 0. The van der Waals surface area contributed by atoms with Crippen molar-refractivity contribution < 1.29 is 28.6 Å². The first-order chi connectivity index (χ1) is 34.5. The Labute approximate surface area is 437 Å². The normalized spacial score (nSPS) is 12.0. The Kier molecular flexibility index (Phi) is 58.1. The zero-order valence-electron chi connectivity index (χ0n) is 47.6. The molecule has 0 fully saturated rings. The standard InChI is InChI=1S/C64H122O6/c1-4-7-10-13-16-19-21-23-25-27-28-29-30-31-32-33-34-35-36-37-38-40-41-43-45-48-51-54-57-63(66)69-60-61(59-68-62(65)56-53-50-47-18-15-12-9-6-3)70-64(67)58-55-52-49-46-44-42-39-26-24-22-20-17-14-11-8-5-2/h26,39,61H,4-25,27-38,40-60H2,1-3H3/b39-26-. The third-order valence-corrected chi connectivity index (χ3v) is 14.5. The molecular weight excluding hydrogens is 865 g/mol. The van der Waals surface area contributed by atoms with Gasteiger partial charge in [0.1, 0.15) is 13.2 Å². The van der Waals surface area contributed by atoms with Crippen molar-refractivity contribution in [3.05, 3.63) is 12.2 Å². The molecule has 414 valence electrons. The smallest absolute Gasteiger partial charge is 0.306 e. The van der Waals surface area contributed by atoms with E-state index in [1.165, 1.54) is 257 Å². The highest BCUT2D eigenvalue weighted by atomic mass is 16.6. The second-order valence-corrected chi connectivity index (χ2v) is 21.7. The number of carbonyl (C=O) groups is 3. The Balaban J connectivity index is 4.05. The Hall–Kier alpha value is -1.85. The molecule has 6 heteroatoms. The fraction of sp³-hybridized carbons (Fsp3) is 0.922. The average molecular weight is 988 g/mol. The number of carbonyl (C=O) groups excluding carboxylic acids is 3. The maximum Gasteiger partial charge on any atom is 0.306 e. The lowest BCUT2D eigenvalue weighted by molar-refractivity contribution is -0.167. The molecule has 0 aromatic carbocycles. The highest BCUT2D eigenvalue weighted by Crippen LogP contribution is 2.18. The van der Waals surface area contributed by atoms with E-state index in [2.05, 4.69) is 32.9 Å². The van der Waals surface area contributed by atoms with E-state index in [0.29, 0.717) is 19.3 Å². The van der Waals surface area contributed by atoms with Gasteiger partial charge in [-0.3, -0.25) is 14.4 Å². The Morgan fingerprint density at radius 2 is 0.471 bits per heavy atom. The SMILES string of the molecule is CCCCCCCCC/C=C\CCCCCCCC(=O)OC(COC(=O)CCCCCCCCCC)COC(=O)CCCCCCCCCCCCCCCCCCCCCCCCCCCCCC. The first-order valence-corrected chi connectivity index (χ1v) is 31.7. The van der Waals surface area contributed by atoms with Crippen LogP contribution in [0.2, 0.25) is 0 Å². The second kappa shape index (κ2) is 59.7. The van der Waals surface area contributed by atoms with Crippen LogP contribution in [0.15, 0.2) is 12.2 Å². The van der Waals surface area contributed by atoms with Gasteiger partial charge in [0.2, 0.25) is 0 Å². The van der Waals surface area contributed by atoms with Crippen LogP contribution in [-0.2, 0) is 28.6 Å². The van der Waals surface area contributed by atoms with Crippen molar-refractivity contribution in [2.75, 3.05) is 13.2 Å². The molecule has 0 aromatic heterocycles. The van der Waals surface area contributed by atoms with Crippen LogP contribution in [0.1, 0.15) is 361 Å². The van der Waals surface area contributed by atoms with E-state index in [0.717, 1.165) is 64.2 Å². The first kappa shape index (κ1) is 68.2. The lowest BCUT2D eigenvalue weighted by atomic mass is 10.0. The van der Waals surface area contributed by atoms with Crippen molar-refractivity contribution >= 4 is 17.9 Å². The summed E-state index contributed by atoms with van der Waals surface area (Å²) >= 11 is 0. The van der Waals surface area contributed by atoms with Gasteiger partial charge < -0.3 is 14.2 Å². The van der Waals surface area contributed by atoms with Crippen molar-refractivity contribution in [3.63, 3.8) is 0 Å². The van der Waals surface area contributed by atoms with Crippen LogP contribution in [0, 0.1) is 0 Å². The fourth-order valence-corrected chi connectivity index (χ4v) is 9.74. The van der Waals surface area contributed by atoms with E-state index >= 15 is 0 Å². The van der Waals surface area contributed by atoms with Gasteiger partial charge in [-0.15, -0.1) is 0 Å². The van der Waals surface area contributed by atoms with Crippen LogP contribution in [0.4, 0.5) is 0 Å². The average Bonchev–Trinajstić information content (AvgIpc) is 3.36. The molecule has 0 aliphatic heterocycles. The number of unbranched alkanes of at least 4 members (excludes halogenated alkanes) is 46. The summed E-state index contributed by atoms with van der Waals surface area (Å²) in [6.45, 7) is 6.66. The highest BCUT2D eigenvalue weighted by Gasteiger charge is 2.19. The van der Waals surface area contributed by atoms with Gasteiger partial charge in [0, 0.05) is 19.3 Å². The number of ether oxygens (including phenoxy) is 3. The monoisotopic (exact) mass is 987 g/mol. The quantitative estimate of drug-likeness (QED) is 0.0261. The summed E-state index contributed by atoms with van der Waals surface area (Å²) in [6.07, 6.45) is 69.6. The lowest BCUT2D eigenvalue weighted by Crippen LogP contribution is -2.30. The molecule has 0 bridgehead atoms. The summed E-state index contributed by atoms with van der Waals surface area (Å²) < 4.78 is 16.8. The summed E-state index contributed by atoms with van der Waals surface area (Å²) in [7, 11) is 0. The van der Waals surface area contributed by atoms with Crippen molar-refractivity contribution in [1.82, 2.24) is 0 Å². The van der Waals surface area contributed by atoms with Crippen LogP contribution >= 0.6 is 0 Å². The fourth-order valence-electron chi connectivity index (χ4n) is 9.74. The number of rotatable bonds is 59. The highest BCUT2D eigenvalue weighted by molar-refractivity contribution is 5.71. The van der Waals surface area contributed by atoms with Crippen molar-refractivity contribution in [2.24, 2.45) is 0 Å². The summed E-state index contributed by atoms with van der Waals surface area (Å²) in [5.41, 5.74) is 0. The van der Waals surface area contributed by atoms with Crippen LogP contribution < -0.4 is 0 Å². The van der Waals surface area contributed by atoms with Crippen molar-refractivity contribution in [2.45, 2.75) is 367 Å². The Morgan fingerprint density at radius 3 is 0.714 bits per heavy atom. The molecule has 6 nitrogen and oxygen atoms in total. The van der Waals surface area contributed by atoms with Gasteiger partial charge in [0.05, 0.1) is 0 Å². The van der Waals surface area contributed by atoms with Crippen LogP contribution in [-0.4, -0.2) is 37.2 Å². The zero-order chi connectivity index (χ0) is 50.7. The van der Waals surface area contributed by atoms with E-state index in [1.807, 2.05) is 0 Å². The predicted molar refractivity (Wildman–Crippen MR) is 303 cm³/mol. The number of allylic oxidation sites excluding steroid dienone is 2. The predicted octanol–water partition coefficient (Wildman–Crippen LogP) is 21.3. The van der Waals surface area contributed by atoms with Crippen LogP contribution in [0.25, 0.3) is 0 Å². The van der Waals surface area contributed by atoms with E-state index in [1.54, 1.807) is 0 Å². The van der Waals surface area contributed by atoms with Gasteiger partial charge in [0.25, 0.3) is 0 Å². The maximum absolute atomic E-state index is 12.8. The molecule has 1 unspecified atom stereocenters. The molecule has 0 N–H and O–H groups in total. The molecular formula is C64H122O6. The van der Waals surface area contributed by atoms with Gasteiger partial charge in [-0.2, -0.15) is 0 Å². The van der Waals surface area contributed by atoms with E-state index < -0.39 is 6.10 Å². The summed E-state index contributed by atoms with van der Waals surface area (Å²) in [5.74, 6) is -0.857. The minimum absolute atomic E-state index is 0.0678. The lowest BCUT2D eigenvalue weighted by Gasteiger charge is -2.18. The molecule has 0 saturated carbocycles. The Bertz CT molecular complexity index is 1090. The van der Waals surface area contributed by atoms with Crippen LogP contribution in [0.3, 0.4) is 0 Å². The Morgan fingerprint density at radius 1 is 0.271 bits per heavy atom. The summed E-state index contributed by atoms with van der Waals surface area (Å²) in [4.78, 5) is 38.0. The molecule has 0 heterocycles. The molecule has 1 atom stereocenters. The number of hydrogen-bond acceptors (Lipinski definition) is 6. The van der Waals surface area contributed by atoms with Gasteiger partial charge in [-0.1, -0.05) is 309 Å². The first-order valence-electron chi connectivity index (χ1n) is 31.7. The van der Waals surface area contributed by atoms with Crippen LogP contribution in [0.5, 0.6) is 0 Å². The van der Waals surface area contributed by atoms with Gasteiger partial charge >= 0.3 is 17.9 Å². The molecule has 0 saturated heterocycles. The van der Waals surface area contributed by atoms with Crippen molar-refractivity contribution in [1.29, 1.82) is 0 Å².